The largest absolute Gasteiger partial charge is 0.322 e. The van der Waals surface area contributed by atoms with Crippen molar-refractivity contribution in [3.05, 3.63) is 58.0 Å². The Balaban J connectivity index is 2.28. The molecule has 8 heteroatoms. The van der Waals surface area contributed by atoms with E-state index in [4.69, 9.17) is 0 Å². The summed E-state index contributed by atoms with van der Waals surface area (Å²) in [4.78, 5) is 26.0. The number of anilines is 1. The molecular formula is C13H10FN3O3S. The van der Waals surface area contributed by atoms with Gasteiger partial charge in [-0.25, -0.2) is 4.98 Å². The van der Waals surface area contributed by atoms with Crippen molar-refractivity contribution in [1.29, 1.82) is 0 Å². The molecule has 1 N–H and O–H groups in total. The normalized spacial score (nSPS) is 10.2. The molecule has 0 saturated heterocycles. The van der Waals surface area contributed by atoms with Crippen LogP contribution in [0, 0.1) is 15.9 Å². The number of rotatable bonds is 4. The highest BCUT2D eigenvalue weighted by atomic mass is 32.2. The van der Waals surface area contributed by atoms with Gasteiger partial charge in [0.05, 0.1) is 10.5 Å². The molecule has 0 radical (unpaired) electrons. The van der Waals surface area contributed by atoms with Crippen LogP contribution < -0.4 is 5.32 Å². The molecule has 1 amide bonds. The van der Waals surface area contributed by atoms with Crippen molar-refractivity contribution < 1.29 is 14.1 Å². The van der Waals surface area contributed by atoms with E-state index in [1.165, 1.54) is 17.8 Å². The molecule has 1 aromatic carbocycles. The number of benzene rings is 1. The summed E-state index contributed by atoms with van der Waals surface area (Å²) in [5, 5.41) is 13.7. The van der Waals surface area contributed by atoms with Crippen molar-refractivity contribution in [2.24, 2.45) is 0 Å². The molecule has 6 nitrogen and oxygen atoms in total. The number of nitrogens with one attached hydrogen (secondary N) is 1. The fraction of sp³-hybridized carbons (Fsp3) is 0.0769. The molecule has 21 heavy (non-hydrogen) atoms. The molecule has 0 fully saturated rings. The molecule has 1 heterocycles. The summed E-state index contributed by atoms with van der Waals surface area (Å²) in [6, 6.07) is 6.37. The highest BCUT2D eigenvalue weighted by Gasteiger charge is 2.17. The van der Waals surface area contributed by atoms with E-state index in [1.807, 2.05) is 0 Å². The van der Waals surface area contributed by atoms with Crippen molar-refractivity contribution in [3.63, 3.8) is 0 Å². The lowest BCUT2D eigenvalue weighted by atomic mass is 10.2. The second-order valence-corrected chi connectivity index (χ2v) is 4.73. The van der Waals surface area contributed by atoms with Gasteiger partial charge in [-0.05, 0) is 30.5 Å². The first-order valence-electron chi connectivity index (χ1n) is 5.77. The number of pyridine rings is 1. The Morgan fingerprint density at radius 3 is 2.86 bits per heavy atom. The number of hydrogen-bond acceptors (Lipinski definition) is 5. The summed E-state index contributed by atoms with van der Waals surface area (Å²) < 4.78 is 13.2. The minimum atomic E-state index is -0.954. The SMILES string of the molecule is CSc1ncccc1C(=O)Nc1ccc(F)c([N+](=O)[O-])c1. The molecule has 0 unspecified atom stereocenters. The summed E-state index contributed by atoms with van der Waals surface area (Å²) in [6.07, 6.45) is 3.34. The average molecular weight is 307 g/mol. The second-order valence-electron chi connectivity index (χ2n) is 3.94. The number of nitrogens with zero attached hydrogens (tertiary/aromatic N) is 2. The smallest absolute Gasteiger partial charge is 0.306 e. The standard InChI is InChI=1S/C13H10FN3O3S/c1-21-13-9(3-2-6-15-13)12(18)16-8-4-5-10(14)11(7-8)17(19)20/h2-7H,1H3,(H,16,18). The van der Waals surface area contributed by atoms with Crippen LogP contribution in [0.4, 0.5) is 15.8 Å². The summed E-state index contributed by atoms with van der Waals surface area (Å²) >= 11 is 1.30. The van der Waals surface area contributed by atoms with Crippen molar-refractivity contribution >= 4 is 29.0 Å². The van der Waals surface area contributed by atoms with Gasteiger partial charge in [-0.3, -0.25) is 14.9 Å². The molecule has 2 aromatic rings. The van der Waals surface area contributed by atoms with Crippen LogP contribution >= 0.6 is 11.8 Å². The predicted octanol–water partition coefficient (Wildman–Crippen LogP) is 3.10. The quantitative estimate of drug-likeness (QED) is 0.533. The third-order valence-electron chi connectivity index (χ3n) is 2.61. The van der Waals surface area contributed by atoms with Gasteiger partial charge >= 0.3 is 5.69 Å². The van der Waals surface area contributed by atoms with Crippen LogP contribution in [0.3, 0.4) is 0 Å². The molecule has 0 atom stereocenters. The number of nitro benzene ring substituents is 1. The van der Waals surface area contributed by atoms with E-state index in [0.717, 1.165) is 12.1 Å². The minimum absolute atomic E-state index is 0.143. The Labute approximate surface area is 123 Å². The molecule has 0 spiro atoms. The molecule has 0 bridgehead atoms. The van der Waals surface area contributed by atoms with Gasteiger partial charge in [0.15, 0.2) is 0 Å². The Kier molecular flexibility index (Phi) is 4.49. The number of carbonyl (C=O) groups is 1. The second kappa shape index (κ2) is 6.31. The number of hydrogen-bond donors (Lipinski definition) is 1. The Bertz CT molecular complexity index is 709. The topological polar surface area (TPSA) is 85.1 Å². The fourth-order valence-electron chi connectivity index (χ4n) is 1.66. The van der Waals surface area contributed by atoms with Crippen LogP contribution in [-0.4, -0.2) is 22.1 Å². The first-order chi connectivity index (χ1) is 10.0. The van der Waals surface area contributed by atoms with Crippen LogP contribution in [-0.2, 0) is 0 Å². The molecule has 2 rings (SSSR count). The predicted molar refractivity (Wildman–Crippen MR) is 77.0 cm³/mol. The maximum absolute atomic E-state index is 13.2. The maximum Gasteiger partial charge on any atom is 0.306 e. The monoisotopic (exact) mass is 307 g/mol. The van der Waals surface area contributed by atoms with Crippen LogP contribution in [0.5, 0.6) is 0 Å². The van der Waals surface area contributed by atoms with Crippen LogP contribution in [0.1, 0.15) is 10.4 Å². The van der Waals surface area contributed by atoms with Gasteiger partial charge in [0, 0.05) is 18.0 Å². The van der Waals surface area contributed by atoms with E-state index in [9.17, 15) is 19.3 Å². The van der Waals surface area contributed by atoms with E-state index >= 15 is 0 Å². The van der Waals surface area contributed by atoms with Gasteiger partial charge in [-0.15, -0.1) is 11.8 Å². The van der Waals surface area contributed by atoms with Gasteiger partial charge in [-0.2, -0.15) is 4.39 Å². The third-order valence-corrected chi connectivity index (χ3v) is 3.32. The van der Waals surface area contributed by atoms with Crippen molar-refractivity contribution in [2.45, 2.75) is 5.03 Å². The number of nitro groups is 1. The number of aromatic nitrogens is 1. The van der Waals surface area contributed by atoms with E-state index < -0.39 is 22.3 Å². The molecular weight excluding hydrogens is 297 g/mol. The first kappa shape index (κ1) is 14.9. The maximum atomic E-state index is 13.2. The van der Waals surface area contributed by atoms with Crippen molar-refractivity contribution in [2.75, 3.05) is 11.6 Å². The molecule has 0 aliphatic rings. The fourth-order valence-corrected chi connectivity index (χ4v) is 2.20. The van der Waals surface area contributed by atoms with E-state index in [1.54, 1.807) is 24.6 Å². The summed E-state index contributed by atoms with van der Waals surface area (Å²) in [6.45, 7) is 0. The molecule has 0 aliphatic heterocycles. The van der Waals surface area contributed by atoms with Crippen LogP contribution in [0.15, 0.2) is 41.6 Å². The molecule has 0 aliphatic carbocycles. The summed E-state index contributed by atoms with van der Waals surface area (Å²) in [5.74, 6) is -1.42. The summed E-state index contributed by atoms with van der Waals surface area (Å²) in [5.41, 5.74) is -0.204. The molecule has 108 valence electrons. The zero-order chi connectivity index (χ0) is 15.4. The van der Waals surface area contributed by atoms with Crippen LogP contribution in [0.25, 0.3) is 0 Å². The van der Waals surface area contributed by atoms with Crippen molar-refractivity contribution in [1.82, 2.24) is 4.98 Å². The minimum Gasteiger partial charge on any atom is -0.322 e. The Morgan fingerprint density at radius 2 is 2.19 bits per heavy atom. The third kappa shape index (κ3) is 3.34. The van der Waals surface area contributed by atoms with Gasteiger partial charge < -0.3 is 5.32 Å². The van der Waals surface area contributed by atoms with Gasteiger partial charge in [0.25, 0.3) is 5.91 Å². The number of carbonyl (C=O) groups excluding carboxylic acids is 1. The zero-order valence-electron chi connectivity index (χ0n) is 10.9. The van der Waals surface area contributed by atoms with Crippen molar-refractivity contribution in [3.8, 4) is 0 Å². The van der Waals surface area contributed by atoms with Crippen LogP contribution in [0.2, 0.25) is 0 Å². The number of halogens is 1. The highest BCUT2D eigenvalue weighted by molar-refractivity contribution is 7.98. The number of thioether (sulfide) groups is 1. The van der Waals surface area contributed by atoms with E-state index in [0.29, 0.717) is 10.6 Å². The van der Waals surface area contributed by atoms with Gasteiger partial charge in [0.1, 0.15) is 5.03 Å². The van der Waals surface area contributed by atoms with Gasteiger partial charge in [-0.1, -0.05) is 0 Å². The first-order valence-corrected chi connectivity index (χ1v) is 6.99. The zero-order valence-corrected chi connectivity index (χ0v) is 11.7. The molecule has 0 saturated carbocycles. The van der Waals surface area contributed by atoms with Gasteiger partial charge in [0.2, 0.25) is 5.82 Å². The lowest BCUT2D eigenvalue weighted by molar-refractivity contribution is -0.387. The average Bonchev–Trinajstić information content (AvgIpc) is 2.48. The highest BCUT2D eigenvalue weighted by Crippen LogP contribution is 2.23. The lowest BCUT2D eigenvalue weighted by Gasteiger charge is -2.07. The Morgan fingerprint density at radius 1 is 1.43 bits per heavy atom. The summed E-state index contributed by atoms with van der Waals surface area (Å²) in [7, 11) is 0. The lowest BCUT2D eigenvalue weighted by Crippen LogP contribution is -2.13. The van der Waals surface area contributed by atoms with E-state index in [-0.39, 0.29) is 5.69 Å². The Hall–Kier alpha value is -2.48. The number of amides is 1. The van der Waals surface area contributed by atoms with E-state index in [2.05, 4.69) is 10.3 Å². The molecule has 1 aromatic heterocycles.